The lowest BCUT2D eigenvalue weighted by molar-refractivity contribution is 0.354. The van der Waals surface area contributed by atoms with Gasteiger partial charge in [-0.05, 0) is 18.6 Å². The van der Waals surface area contributed by atoms with Crippen molar-refractivity contribution in [1.82, 2.24) is 20.5 Å². The second-order valence-electron chi connectivity index (χ2n) is 5.62. The number of rotatable bonds is 5. The zero-order chi connectivity index (χ0) is 15.5. The van der Waals surface area contributed by atoms with Crippen LogP contribution < -0.4 is 10.2 Å². The third-order valence-corrected chi connectivity index (χ3v) is 3.94. The van der Waals surface area contributed by atoms with Crippen LogP contribution in [0.4, 0.5) is 10.4 Å². The van der Waals surface area contributed by atoms with Crippen molar-refractivity contribution < 1.29 is 8.81 Å². The zero-order valence-electron chi connectivity index (χ0n) is 12.8. The first-order valence-electron chi connectivity index (χ1n) is 7.45. The molecule has 2 atom stereocenters. The van der Waals surface area contributed by atoms with Gasteiger partial charge in [0, 0.05) is 44.4 Å². The van der Waals surface area contributed by atoms with Gasteiger partial charge in [-0.15, -0.1) is 5.10 Å². The Morgan fingerprint density at radius 2 is 2.27 bits per heavy atom. The topological polar surface area (TPSA) is 67.1 Å². The first-order chi connectivity index (χ1) is 10.6. The predicted octanol–water partition coefficient (Wildman–Crippen LogP) is 1.79. The fraction of sp³-hybridized carbons (Fsp3) is 0.533. The summed E-state index contributed by atoms with van der Waals surface area (Å²) in [6.07, 6.45) is 1.39. The molecule has 0 spiro atoms. The molecule has 0 unspecified atom stereocenters. The summed E-state index contributed by atoms with van der Waals surface area (Å²) in [5, 5.41) is 11.2. The van der Waals surface area contributed by atoms with Crippen LogP contribution in [0.5, 0.6) is 0 Å². The van der Waals surface area contributed by atoms with Gasteiger partial charge in [0.1, 0.15) is 6.17 Å². The lowest BCUT2D eigenvalue weighted by atomic mass is 10.2. The highest BCUT2D eigenvalue weighted by Crippen LogP contribution is 2.25. The Labute approximate surface area is 128 Å². The Bertz CT molecular complexity index is 632. The smallest absolute Gasteiger partial charge is 0.318 e. The fourth-order valence-electron chi connectivity index (χ4n) is 2.77. The minimum absolute atomic E-state index is 0.0202. The lowest BCUT2D eigenvalue weighted by Crippen LogP contribution is -2.38. The highest BCUT2D eigenvalue weighted by atomic mass is 19.1. The average Bonchev–Trinajstić information content (AvgIpc) is 3.07. The van der Waals surface area contributed by atoms with Crippen molar-refractivity contribution in [2.24, 2.45) is 0 Å². The van der Waals surface area contributed by atoms with Gasteiger partial charge in [0.25, 0.3) is 0 Å². The molecule has 1 aliphatic heterocycles. The SMILES string of the molecule is Cc1nnc(N2C[C@@H](F)C[C@H]2CNCc2cccnc2C)o1. The largest absolute Gasteiger partial charge is 0.408 e. The number of aryl methyl sites for hydroxylation is 2. The number of nitrogens with one attached hydrogen (secondary N) is 1. The maximum Gasteiger partial charge on any atom is 0.318 e. The van der Waals surface area contributed by atoms with Gasteiger partial charge in [0.05, 0.1) is 6.54 Å². The minimum Gasteiger partial charge on any atom is -0.408 e. The van der Waals surface area contributed by atoms with Gasteiger partial charge in [-0.2, -0.15) is 0 Å². The molecule has 1 fully saturated rings. The minimum atomic E-state index is -0.862. The summed E-state index contributed by atoms with van der Waals surface area (Å²) < 4.78 is 19.2. The molecule has 0 amide bonds. The summed E-state index contributed by atoms with van der Waals surface area (Å²) in [5.74, 6) is 0.495. The molecule has 2 aromatic rings. The van der Waals surface area contributed by atoms with Crippen molar-refractivity contribution in [3.8, 4) is 0 Å². The Morgan fingerprint density at radius 1 is 1.41 bits per heavy atom. The van der Waals surface area contributed by atoms with Crippen molar-refractivity contribution >= 4 is 6.01 Å². The van der Waals surface area contributed by atoms with Gasteiger partial charge >= 0.3 is 6.01 Å². The number of hydrogen-bond acceptors (Lipinski definition) is 6. The average molecular weight is 305 g/mol. The van der Waals surface area contributed by atoms with Crippen molar-refractivity contribution in [3.05, 3.63) is 35.5 Å². The molecule has 1 saturated heterocycles. The first kappa shape index (κ1) is 14.9. The molecule has 0 aromatic carbocycles. The van der Waals surface area contributed by atoms with Crippen LogP contribution in [0.1, 0.15) is 23.6 Å². The lowest BCUT2D eigenvalue weighted by Gasteiger charge is -2.22. The summed E-state index contributed by atoms with van der Waals surface area (Å²) in [6.45, 7) is 5.40. The van der Waals surface area contributed by atoms with E-state index in [0.717, 1.165) is 11.3 Å². The highest BCUT2D eigenvalue weighted by Gasteiger charge is 2.34. The molecule has 1 aliphatic rings. The van der Waals surface area contributed by atoms with Crippen LogP contribution in [0.2, 0.25) is 0 Å². The first-order valence-corrected chi connectivity index (χ1v) is 7.45. The van der Waals surface area contributed by atoms with Crippen LogP contribution >= 0.6 is 0 Å². The highest BCUT2D eigenvalue weighted by molar-refractivity contribution is 5.30. The number of aromatic nitrogens is 3. The molecule has 0 bridgehead atoms. The molecule has 118 valence electrons. The van der Waals surface area contributed by atoms with Crippen molar-refractivity contribution in [2.45, 2.75) is 39.0 Å². The van der Waals surface area contributed by atoms with E-state index in [-0.39, 0.29) is 6.04 Å². The molecule has 0 radical (unpaired) electrons. The van der Waals surface area contributed by atoms with Gasteiger partial charge < -0.3 is 14.6 Å². The molecular weight excluding hydrogens is 285 g/mol. The number of anilines is 1. The summed E-state index contributed by atoms with van der Waals surface area (Å²) in [7, 11) is 0. The molecule has 22 heavy (non-hydrogen) atoms. The second-order valence-corrected chi connectivity index (χ2v) is 5.62. The van der Waals surface area contributed by atoms with Crippen LogP contribution in [-0.2, 0) is 6.54 Å². The van der Waals surface area contributed by atoms with E-state index in [1.54, 1.807) is 13.1 Å². The van der Waals surface area contributed by atoms with Crippen LogP contribution in [0.3, 0.4) is 0 Å². The van der Waals surface area contributed by atoms with Crippen LogP contribution in [-0.4, -0.2) is 40.5 Å². The number of alkyl halides is 1. The van der Waals surface area contributed by atoms with Crippen LogP contribution in [0.15, 0.2) is 22.7 Å². The molecule has 1 N–H and O–H groups in total. The van der Waals surface area contributed by atoms with E-state index < -0.39 is 6.17 Å². The predicted molar refractivity (Wildman–Crippen MR) is 80.4 cm³/mol. The molecule has 7 heteroatoms. The van der Waals surface area contributed by atoms with Crippen molar-refractivity contribution in [3.63, 3.8) is 0 Å². The number of pyridine rings is 1. The van der Waals surface area contributed by atoms with E-state index in [2.05, 4.69) is 20.5 Å². The molecule has 6 nitrogen and oxygen atoms in total. The molecule has 3 rings (SSSR count). The molecule has 0 saturated carbocycles. The number of halogens is 1. The zero-order valence-corrected chi connectivity index (χ0v) is 12.8. The van der Waals surface area contributed by atoms with E-state index in [1.807, 2.05) is 24.0 Å². The van der Waals surface area contributed by atoms with Gasteiger partial charge in [0.2, 0.25) is 5.89 Å². The quantitative estimate of drug-likeness (QED) is 0.908. The van der Waals surface area contributed by atoms with Gasteiger partial charge in [-0.3, -0.25) is 4.98 Å². The standard InChI is InChI=1S/C15H20FN5O/c1-10-12(4-3-5-18-10)7-17-8-14-6-13(16)9-21(14)15-20-19-11(2)22-15/h3-5,13-14,17H,6-9H2,1-2H3/t13-,14-/m0/s1. The molecule has 0 aliphatic carbocycles. The van der Waals surface area contributed by atoms with Gasteiger partial charge in [-0.25, -0.2) is 4.39 Å². The van der Waals surface area contributed by atoms with Crippen molar-refractivity contribution in [2.75, 3.05) is 18.0 Å². The van der Waals surface area contributed by atoms with E-state index in [9.17, 15) is 4.39 Å². The van der Waals surface area contributed by atoms with Gasteiger partial charge in [0.15, 0.2) is 0 Å². The number of nitrogens with zero attached hydrogens (tertiary/aromatic N) is 4. The van der Waals surface area contributed by atoms with Crippen LogP contribution in [0, 0.1) is 13.8 Å². The van der Waals surface area contributed by atoms with Crippen LogP contribution in [0.25, 0.3) is 0 Å². The third kappa shape index (κ3) is 3.24. The van der Waals surface area contributed by atoms with Gasteiger partial charge in [-0.1, -0.05) is 11.2 Å². The monoisotopic (exact) mass is 305 g/mol. The molecular formula is C15H20FN5O. The summed E-state index contributed by atoms with van der Waals surface area (Å²) in [5.41, 5.74) is 2.16. The van der Waals surface area contributed by atoms with Crippen molar-refractivity contribution in [1.29, 1.82) is 0 Å². The molecule has 2 aromatic heterocycles. The maximum absolute atomic E-state index is 13.8. The fourth-order valence-corrected chi connectivity index (χ4v) is 2.77. The summed E-state index contributed by atoms with van der Waals surface area (Å²) in [4.78, 5) is 6.12. The normalized spacial score (nSPS) is 21.5. The van der Waals surface area contributed by atoms with E-state index in [4.69, 9.17) is 4.42 Å². The third-order valence-electron chi connectivity index (χ3n) is 3.94. The Morgan fingerprint density at radius 3 is 3.00 bits per heavy atom. The number of hydrogen-bond donors (Lipinski definition) is 1. The maximum atomic E-state index is 13.8. The molecule has 3 heterocycles. The Kier molecular flexibility index (Phi) is 4.33. The van der Waals surface area contributed by atoms with E-state index in [0.29, 0.717) is 38.0 Å². The van der Waals surface area contributed by atoms with E-state index >= 15 is 0 Å². The second kappa shape index (κ2) is 6.39. The van der Waals surface area contributed by atoms with E-state index in [1.165, 1.54) is 0 Å². The summed E-state index contributed by atoms with van der Waals surface area (Å²) in [6, 6.07) is 4.39. The summed E-state index contributed by atoms with van der Waals surface area (Å²) >= 11 is 0. The Balaban J connectivity index is 1.60. The Hall–Kier alpha value is -2.02.